The second-order valence-corrected chi connectivity index (χ2v) is 43.9. The van der Waals surface area contributed by atoms with E-state index in [0.29, 0.717) is 0 Å². The molecule has 0 spiro atoms. The fourth-order valence-corrected chi connectivity index (χ4v) is 28.9. The summed E-state index contributed by atoms with van der Waals surface area (Å²) in [6.45, 7) is 23.0. The number of thiophene rings is 10. The molecule has 0 saturated heterocycles. The quantitative estimate of drug-likeness (QED) is 0.0333. The number of rotatable bonds is 59. The van der Waals surface area contributed by atoms with Gasteiger partial charge in [-0.25, -0.2) is 0 Å². The molecule has 0 nitrogen and oxygen atoms in total. The molecule has 108 heavy (non-hydrogen) atoms. The van der Waals surface area contributed by atoms with Crippen LogP contribution in [-0.2, 0) is 25.7 Å². The fraction of sp³-hybridized carbons (Fsp3) is 0.673. The molecule has 0 aliphatic heterocycles. The average molecular weight is 1650 g/mol. The number of aryl methyl sites for hydroxylation is 8. The Balaban J connectivity index is 0.000000233. The lowest BCUT2D eigenvalue weighted by Crippen LogP contribution is -1.87. The highest BCUT2D eigenvalue weighted by molar-refractivity contribution is 7.42. The van der Waals surface area contributed by atoms with Gasteiger partial charge >= 0.3 is 0 Å². The van der Waals surface area contributed by atoms with Crippen LogP contribution in [0.3, 0.4) is 0 Å². The van der Waals surface area contributed by atoms with Crippen molar-refractivity contribution in [1.82, 2.24) is 0 Å². The highest BCUT2D eigenvalue weighted by atomic mass is 32.1. The minimum atomic E-state index is 1.21. The zero-order valence-electron chi connectivity index (χ0n) is 70.3. The molecule has 10 rings (SSSR count). The van der Waals surface area contributed by atoms with Crippen LogP contribution in [0.5, 0.6) is 0 Å². The van der Waals surface area contributed by atoms with Gasteiger partial charge < -0.3 is 0 Å². The van der Waals surface area contributed by atoms with E-state index in [-0.39, 0.29) is 0 Å². The summed E-state index contributed by atoms with van der Waals surface area (Å²) in [6, 6.07) is 19.9. The Kier molecular flexibility index (Phi) is 46.5. The van der Waals surface area contributed by atoms with Crippen LogP contribution < -0.4 is 0 Å². The number of unbranched alkanes of at least 4 members (excludes halogenated alkanes) is 47. The van der Waals surface area contributed by atoms with Crippen molar-refractivity contribution in [3.8, 4) is 39.0 Å². The van der Waals surface area contributed by atoms with Gasteiger partial charge in [0.2, 0.25) is 0 Å². The van der Waals surface area contributed by atoms with Crippen LogP contribution in [0.15, 0.2) is 48.5 Å². The number of hydrogen-bond acceptors (Lipinski definition) is 10. The first-order chi connectivity index (χ1) is 53.0. The Morgan fingerprint density at radius 2 is 0.324 bits per heavy atom. The molecule has 0 aliphatic carbocycles. The first kappa shape index (κ1) is 91.6. The predicted octanol–water partition coefficient (Wildman–Crippen LogP) is 40.1. The maximum atomic E-state index is 2.52. The van der Waals surface area contributed by atoms with E-state index in [0.717, 1.165) is 0 Å². The molecule has 0 fully saturated rings. The summed E-state index contributed by atoms with van der Waals surface area (Å²) in [5, 5.41) is 0. The Morgan fingerprint density at radius 3 is 0.500 bits per heavy atom. The summed E-state index contributed by atoms with van der Waals surface area (Å²) in [6.07, 6.45) is 78.9. The molecule has 10 aromatic rings. The fourth-order valence-electron chi connectivity index (χ4n) is 16.1. The Labute approximate surface area is 702 Å². The van der Waals surface area contributed by atoms with Crippen LogP contribution in [0, 0.1) is 27.7 Å². The van der Waals surface area contributed by atoms with Crippen molar-refractivity contribution in [2.24, 2.45) is 0 Å². The molecule has 0 saturated carbocycles. The van der Waals surface area contributed by atoms with E-state index in [1.54, 1.807) is 36.9 Å². The van der Waals surface area contributed by atoms with Crippen LogP contribution >= 0.6 is 113 Å². The third-order valence-corrected chi connectivity index (χ3v) is 35.1. The Morgan fingerprint density at radius 1 is 0.167 bits per heavy atom. The van der Waals surface area contributed by atoms with Crippen LogP contribution in [-0.4, -0.2) is 0 Å². The van der Waals surface area contributed by atoms with Gasteiger partial charge in [-0.05, 0) is 150 Å². The molecule has 0 amide bonds. The van der Waals surface area contributed by atoms with Gasteiger partial charge in [-0.1, -0.05) is 350 Å². The van der Waals surface area contributed by atoms with Crippen LogP contribution in [0.4, 0.5) is 0 Å². The summed E-state index contributed by atoms with van der Waals surface area (Å²) in [5.41, 5.74) is 6.34. The van der Waals surface area contributed by atoms with E-state index in [1.807, 2.05) is 90.7 Å². The second-order valence-electron chi connectivity index (χ2n) is 32.5. The molecular formula is C98H150S10. The zero-order valence-corrected chi connectivity index (χ0v) is 78.5. The first-order valence-electron chi connectivity index (χ1n) is 45.4. The summed E-state index contributed by atoms with van der Waals surface area (Å²) < 4.78 is 12.0. The molecule has 0 aliphatic rings. The van der Waals surface area contributed by atoms with Crippen LogP contribution in [0.1, 0.15) is 417 Å². The molecule has 0 unspecified atom stereocenters. The molecular weight excluding hydrogens is 1500 g/mol. The van der Waals surface area contributed by atoms with E-state index >= 15 is 0 Å². The maximum absolute atomic E-state index is 2.52. The van der Waals surface area contributed by atoms with Gasteiger partial charge in [0, 0.05) is 77.3 Å². The van der Waals surface area contributed by atoms with Crippen LogP contribution in [0.25, 0.3) is 76.6 Å². The molecule has 0 bridgehead atoms. The summed E-state index contributed by atoms with van der Waals surface area (Å²) >= 11 is 20.3. The van der Waals surface area contributed by atoms with Crippen molar-refractivity contribution >= 4 is 151 Å². The van der Waals surface area contributed by atoms with Gasteiger partial charge in [0.05, 0.1) is 18.8 Å². The zero-order chi connectivity index (χ0) is 76.2. The summed E-state index contributed by atoms with van der Waals surface area (Å²) in [4.78, 5) is 18.0. The maximum Gasteiger partial charge on any atom is 0.0636 e. The smallest absolute Gasteiger partial charge is 0.0636 e. The van der Waals surface area contributed by atoms with Gasteiger partial charge in [0.1, 0.15) is 0 Å². The van der Waals surface area contributed by atoms with Gasteiger partial charge in [-0.15, -0.1) is 113 Å². The highest BCUT2D eigenvalue weighted by Crippen LogP contribution is 2.53. The Bertz CT molecular complexity index is 3770. The topological polar surface area (TPSA) is 0 Å². The van der Waals surface area contributed by atoms with Crippen molar-refractivity contribution < 1.29 is 0 Å². The van der Waals surface area contributed by atoms with Crippen molar-refractivity contribution in [3.63, 3.8) is 0 Å². The van der Waals surface area contributed by atoms with Crippen molar-refractivity contribution in [3.05, 3.63) is 90.3 Å². The molecule has 10 aromatic heterocycles. The number of hydrogen-bond donors (Lipinski definition) is 0. The van der Waals surface area contributed by atoms with Gasteiger partial charge in [0.15, 0.2) is 0 Å². The molecule has 10 heteroatoms. The first-order valence-corrected chi connectivity index (χ1v) is 53.5. The van der Waals surface area contributed by atoms with Crippen molar-refractivity contribution in [1.29, 1.82) is 0 Å². The van der Waals surface area contributed by atoms with E-state index in [1.165, 1.54) is 441 Å². The normalized spacial score (nSPS) is 11.8. The second kappa shape index (κ2) is 54.8. The average Bonchev–Trinajstić information content (AvgIpc) is 1.60. The van der Waals surface area contributed by atoms with E-state index in [4.69, 9.17) is 0 Å². The minimum Gasteiger partial charge on any atom is -0.139 e. The molecule has 0 N–H and O–H groups in total. The van der Waals surface area contributed by atoms with Crippen molar-refractivity contribution in [2.45, 2.75) is 429 Å². The predicted molar refractivity (Wildman–Crippen MR) is 511 cm³/mol. The Hall–Kier alpha value is -1.96. The van der Waals surface area contributed by atoms with Crippen LogP contribution in [0.2, 0.25) is 0 Å². The molecule has 10 heterocycles. The third kappa shape index (κ3) is 32.3. The molecule has 0 aromatic carbocycles. The monoisotopic (exact) mass is 1650 g/mol. The van der Waals surface area contributed by atoms with E-state index in [9.17, 15) is 0 Å². The molecule has 0 atom stereocenters. The lowest BCUT2D eigenvalue weighted by atomic mass is 10.0. The summed E-state index contributed by atoms with van der Waals surface area (Å²) in [5.74, 6) is 0. The lowest BCUT2D eigenvalue weighted by molar-refractivity contribution is 0.535. The lowest BCUT2D eigenvalue weighted by Gasteiger charge is -2.04. The van der Waals surface area contributed by atoms with Crippen molar-refractivity contribution in [2.75, 3.05) is 0 Å². The highest BCUT2D eigenvalue weighted by Gasteiger charge is 2.22. The van der Waals surface area contributed by atoms with Gasteiger partial charge in [-0.3, -0.25) is 0 Å². The SMILES string of the molecule is CCCCCCCCCCCCCC.CCCCCCCCCCCCCCCCc1cc(C)sc1-c1cc2sc3cc(-c4sc(C)cc4CCCC)sc3c2s1.CCCCCCCCCCCCCCc1cc(C)sc1-c1cc2sc3cc(-c4sc(C)cc4CCCCCCCCCCCCCC)sc3c2s1. The largest absolute Gasteiger partial charge is 0.139 e. The third-order valence-electron chi connectivity index (χ3n) is 22.4. The van der Waals surface area contributed by atoms with E-state index < -0.39 is 0 Å². The molecule has 602 valence electrons. The molecule has 0 radical (unpaired) electrons. The standard InChI is InChI=1S/C46H68S5.C38H52S5.C14H30/c1-5-7-9-11-13-15-17-19-21-23-25-27-29-37-31-35(3)47-43(37)39-33-41-45(50-39)46-42(49-41)34-40(51-46)44-38(32-36(4)48-44)30-28-26-24-22-20-18-16-14-12-10-8-6-2;1-5-7-9-10-11-12-13-14-15-16-17-18-19-20-22-30-24-28(4)40-36(30)32-26-34-38(43-32)37-33(41-34)25-31(42-37)35-29(21-8-6-2)23-27(3)39-35;1-3-5-7-9-11-13-14-12-10-8-6-4-2/h31-34H,5-30H2,1-4H3;23-26H,5-22H2,1-4H3;3-14H2,1-2H3. The minimum absolute atomic E-state index is 1.21. The van der Waals surface area contributed by atoms with Gasteiger partial charge in [-0.2, -0.15) is 0 Å². The number of fused-ring (bicyclic) bond motifs is 6. The van der Waals surface area contributed by atoms with E-state index in [2.05, 4.69) is 140 Å². The summed E-state index contributed by atoms with van der Waals surface area (Å²) in [7, 11) is 0. The van der Waals surface area contributed by atoms with Gasteiger partial charge in [0.25, 0.3) is 0 Å².